The minimum Gasteiger partial charge on any atom is -0.460 e. The summed E-state index contributed by atoms with van der Waals surface area (Å²) in [5.41, 5.74) is 1.17. The van der Waals surface area contributed by atoms with E-state index in [1.807, 2.05) is 0 Å². The molecular formula is C23H31F4N5O2S. The van der Waals surface area contributed by atoms with Crippen LogP contribution in [-0.4, -0.2) is 64.0 Å². The fourth-order valence-electron chi connectivity index (χ4n) is 4.81. The lowest BCUT2D eigenvalue weighted by Gasteiger charge is -2.30. The number of hydrogen-bond donors (Lipinski definition) is 1. The number of nitrogens with zero attached hydrogens (tertiary/aromatic N) is 4. The van der Waals surface area contributed by atoms with E-state index in [0.29, 0.717) is 11.5 Å². The Hall–Kier alpha value is -2.21. The summed E-state index contributed by atoms with van der Waals surface area (Å²) in [6, 6.07) is 0.132. The number of alkyl halides is 3. The lowest BCUT2D eigenvalue weighted by molar-refractivity contribution is -0.153. The number of carbonyl (C=O) groups is 1. The molecule has 2 aromatic heterocycles. The molecule has 194 valence electrons. The van der Waals surface area contributed by atoms with Crippen LogP contribution in [0.5, 0.6) is 5.19 Å². The molecule has 4 rings (SSSR count). The number of rotatable bonds is 8. The number of hydrogen-bond acceptors (Lipinski definition) is 6. The number of aryl methyl sites for hydroxylation is 1. The Morgan fingerprint density at radius 1 is 1.23 bits per heavy atom. The summed E-state index contributed by atoms with van der Waals surface area (Å²) in [6.07, 6.45) is 3.57. The Morgan fingerprint density at radius 3 is 2.66 bits per heavy atom. The van der Waals surface area contributed by atoms with Crippen molar-refractivity contribution in [1.82, 2.24) is 25.0 Å². The van der Waals surface area contributed by atoms with Gasteiger partial charge in [0, 0.05) is 43.0 Å². The molecule has 1 saturated carbocycles. The van der Waals surface area contributed by atoms with Crippen molar-refractivity contribution in [3.63, 3.8) is 0 Å². The van der Waals surface area contributed by atoms with Crippen molar-refractivity contribution in [2.24, 2.45) is 13.0 Å². The van der Waals surface area contributed by atoms with Crippen molar-refractivity contribution in [1.29, 1.82) is 0 Å². The molecule has 0 atom stereocenters. The van der Waals surface area contributed by atoms with E-state index in [4.69, 9.17) is 4.74 Å². The van der Waals surface area contributed by atoms with Gasteiger partial charge in [0.2, 0.25) is 11.9 Å². The fraction of sp³-hybridized carbons (Fsp3) is 0.696. The zero-order valence-corrected chi connectivity index (χ0v) is 20.6. The molecule has 0 radical (unpaired) electrons. The first kappa shape index (κ1) is 25.9. The number of halogens is 4. The average Bonchev–Trinajstić information content (AvgIpc) is 3.28. The van der Waals surface area contributed by atoms with E-state index in [-0.39, 0.29) is 23.6 Å². The van der Waals surface area contributed by atoms with Gasteiger partial charge in [-0.05, 0) is 51.0 Å². The first-order valence-electron chi connectivity index (χ1n) is 12.0. The van der Waals surface area contributed by atoms with Crippen molar-refractivity contribution in [3.8, 4) is 5.19 Å². The number of nitrogens with one attached hydrogen (secondary N) is 1. The summed E-state index contributed by atoms with van der Waals surface area (Å²) in [5.74, 6) is -0.0341. The van der Waals surface area contributed by atoms with Crippen molar-refractivity contribution in [3.05, 3.63) is 28.3 Å². The molecule has 1 N–H and O–H groups in total. The summed E-state index contributed by atoms with van der Waals surface area (Å²) >= 11 is 1.22. The highest BCUT2D eigenvalue weighted by Gasteiger charge is 2.30. The molecule has 0 saturated heterocycles. The van der Waals surface area contributed by atoms with Crippen LogP contribution in [0.15, 0.2) is 6.20 Å². The topological polar surface area (TPSA) is 72.3 Å². The quantitative estimate of drug-likeness (QED) is 0.541. The zero-order valence-electron chi connectivity index (χ0n) is 19.7. The molecule has 0 aromatic carbocycles. The van der Waals surface area contributed by atoms with Crippen LogP contribution in [0.1, 0.15) is 48.2 Å². The van der Waals surface area contributed by atoms with E-state index in [1.54, 1.807) is 0 Å². The molecule has 3 heterocycles. The first-order valence-corrected chi connectivity index (χ1v) is 12.8. The van der Waals surface area contributed by atoms with Crippen LogP contribution in [0, 0.1) is 11.9 Å². The van der Waals surface area contributed by atoms with Gasteiger partial charge >= 0.3 is 6.18 Å². The lowest BCUT2D eigenvalue weighted by Crippen LogP contribution is -2.39. The smallest absolute Gasteiger partial charge is 0.422 e. The SMILES string of the molecule is Cn1ncc(CC(=O)N[C@H]2CC[C@H](CCN3CCc4nc(OCC(F)(F)F)sc4CC3)CC2)c1F. The van der Waals surface area contributed by atoms with E-state index in [0.717, 1.165) is 79.8 Å². The highest BCUT2D eigenvalue weighted by atomic mass is 32.1. The normalized spacial score (nSPS) is 21.4. The Kier molecular flexibility index (Phi) is 8.31. The predicted octanol–water partition coefficient (Wildman–Crippen LogP) is 3.67. The predicted molar refractivity (Wildman–Crippen MR) is 123 cm³/mol. The maximum absolute atomic E-state index is 13.8. The van der Waals surface area contributed by atoms with Crippen LogP contribution in [0.4, 0.5) is 17.6 Å². The zero-order chi connectivity index (χ0) is 25.0. The van der Waals surface area contributed by atoms with Crippen molar-refractivity contribution >= 4 is 17.2 Å². The minimum absolute atomic E-state index is 0.00481. The first-order chi connectivity index (χ1) is 16.7. The summed E-state index contributed by atoms with van der Waals surface area (Å²) in [4.78, 5) is 20.0. The monoisotopic (exact) mass is 517 g/mol. The van der Waals surface area contributed by atoms with Gasteiger partial charge in [-0.2, -0.15) is 22.7 Å². The van der Waals surface area contributed by atoms with Gasteiger partial charge in [-0.15, -0.1) is 0 Å². The van der Waals surface area contributed by atoms with Crippen LogP contribution in [0.2, 0.25) is 0 Å². The third kappa shape index (κ3) is 7.39. The Morgan fingerprint density at radius 2 is 1.97 bits per heavy atom. The van der Waals surface area contributed by atoms with Crippen molar-refractivity contribution in [2.75, 3.05) is 26.2 Å². The van der Waals surface area contributed by atoms with E-state index in [9.17, 15) is 22.4 Å². The summed E-state index contributed by atoms with van der Waals surface area (Å²) < 4.78 is 56.9. The van der Waals surface area contributed by atoms with Gasteiger partial charge < -0.3 is 15.0 Å². The molecule has 12 heteroatoms. The second kappa shape index (κ2) is 11.2. The van der Waals surface area contributed by atoms with Gasteiger partial charge in [0.05, 0.1) is 18.3 Å². The third-order valence-electron chi connectivity index (χ3n) is 6.79. The number of carbonyl (C=O) groups excluding carboxylic acids is 1. The van der Waals surface area contributed by atoms with E-state index < -0.39 is 18.7 Å². The summed E-state index contributed by atoms with van der Waals surface area (Å²) in [5, 5.41) is 6.97. The minimum atomic E-state index is -4.36. The van der Waals surface area contributed by atoms with Crippen molar-refractivity contribution < 1.29 is 27.1 Å². The molecule has 1 aliphatic heterocycles. The van der Waals surface area contributed by atoms with Crippen molar-refractivity contribution in [2.45, 2.75) is 63.6 Å². The maximum atomic E-state index is 13.8. The van der Waals surface area contributed by atoms with Crippen LogP contribution in [-0.2, 0) is 31.1 Å². The number of thiazole rings is 1. The van der Waals surface area contributed by atoms with E-state index >= 15 is 0 Å². The summed E-state index contributed by atoms with van der Waals surface area (Å²) in [7, 11) is 1.51. The Labute approximate surface area is 205 Å². The van der Waals surface area contributed by atoms with Crippen LogP contribution < -0.4 is 10.1 Å². The fourth-order valence-corrected chi connectivity index (χ4v) is 5.76. The molecule has 0 unspecified atom stereocenters. The molecule has 7 nitrogen and oxygen atoms in total. The van der Waals surface area contributed by atoms with Gasteiger partial charge in [-0.3, -0.25) is 4.79 Å². The molecule has 35 heavy (non-hydrogen) atoms. The number of fused-ring (bicyclic) bond motifs is 1. The lowest BCUT2D eigenvalue weighted by atomic mass is 9.84. The van der Waals surface area contributed by atoms with Crippen LogP contribution >= 0.6 is 11.3 Å². The molecule has 2 aromatic rings. The largest absolute Gasteiger partial charge is 0.460 e. The molecule has 1 aliphatic carbocycles. The molecule has 1 amide bonds. The van der Waals surface area contributed by atoms with E-state index in [1.165, 1.54) is 24.6 Å². The standard InChI is InChI=1S/C23H31F4N5O2S/c1-31-21(24)16(13-28-31)12-20(33)29-17-4-2-15(3-5-17)6-9-32-10-7-18-19(8-11-32)35-22(30-18)34-14-23(25,26)27/h13,15,17H,2-12,14H2,1H3,(H,29,33)/t15-,17-. The van der Waals surface area contributed by atoms with Gasteiger partial charge in [0.15, 0.2) is 6.61 Å². The maximum Gasteiger partial charge on any atom is 0.422 e. The molecular weight excluding hydrogens is 486 g/mol. The molecule has 1 fully saturated rings. The third-order valence-corrected chi connectivity index (χ3v) is 7.86. The second-order valence-corrected chi connectivity index (χ2v) is 10.5. The Bertz CT molecular complexity index is 975. The summed E-state index contributed by atoms with van der Waals surface area (Å²) in [6.45, 7) is 1.38. The average molecular weight is 518 g/mol. The van der Waals surface area contributed by atoms with Gasteiger partial charge in [0.25, 0.3) is 5.19 Å². The Balaban J connectivity index is 1.14. The second-order valence-electron chi connectivity index (χ2n) is 9.43. The van der Waals surface area contributed by atoms with Crippen LogP contribution in [0.25, 0.3) is 0 Å². The molecule has 2 aliphatic rings. The van der Waals surface area contributed by atoms with E-state index in [2.05, 4.69) is 20.3 Å². The van der Waals surface area contributed by atoms with Gasteiger partial charge in [-0.1, -0.05) is 11.3 Å². The molecule has 0 spiro atoms. The number of aromatic nitrogens is 3. The highest BCUT2D eigenvalue weighted by molar-refractivity contribution is 7.13. The van der Waals surface area contributed by atoms with Gasteiger partial charge in [-0.25, -0.2) is 9.67 Å². The number of ether oxygens (including phenoxy) is 1. The molecule has 0 bridgehead atoms. The van der Waals surface area contributed by atoms with Gasteiger partial charge in [0.1, 0.15) is 0 Å². The highest BCUT2D eigenvalue weighted by Crippen LogP contribution is 2.31. The van der Waals surface area contributed by atoms with Crippen LogP contribution in [0.3, 0.4) is 0 Å². The number of amides is 1.